The first-order chi connectivity index (χ1) is 12.1. The summed E-state index contributed by atoms with van der Waals surface area (Å²) in [5, 5.41) is 11.6. The number of hydrogen-bond donors (Lipinski definition) is 2. The van der Waals surface area contributed by atoms with E-state index >= 15 is 0 Å². The molecule has 0 aliphatic heterocycles. The highest BCUT2D eigenvalue weighted by atomic mass is 16.6. The van der Waals surface area contributed by atoms with Crippen molar-refractivity contribution in [3.8, 4) is 5.75 Å². The summed E-state index contributed by atoms with van der Waals surface area (Å²) in [6.07, 6.45) is 0.233. The van der Waals surface area contributed by atoms with Crippen LogP contribution in [0.1, 0.15) is 45.6 Å². The van der Waals surface area contributed by atoms with Crippen molar-refractivity contribution in [3.05, 3.63) is 29.8 Å². The lowest BCUT2D eigenvalue weighted by atomic mass is 9.85. The Labute approximate surface area is 156 Å². The molecule has 1 rings (SSSR count). The zero-order valence-corrected chi connectivity index (χ0v) is 16.7. The van der Waals surface area contributed by atoms with Gasteiger partial charge < -0.3 is 20.1 Å². The number of nitrogens with zero attached hydrogens (tertiary/aromatic N) is 1. The largest absolute Gasteiger partial charge is 0.480 e. The number of amides is 1. The Morgan fingerprint density at radius 1 is 1.23 bits per heavy atom. The predicted molar refractivity (Wildman–Crippen MR) is 103 cm³/mol. The number of carbonyl (C=O) groups excluding carboxylic acids is 1. The first kappa shape index (κ1) is 22.0. The van der Waals surface area contributed by atoms with E-state index in [4.69, 9.17) is 9.84 Å². The maximum atomic E-state index is 12.1. The molecule has 6 nitrogen and oxygen atoms in total. The summed E-state index contributed by atoms with van der Waals surface area (Å²) in [6, 6.07) is 6.50. The second kappa shape index (κ2) is 10.2. The molecular formula is C20H32N2O4. The number of nitrogens with one attached hydrogen (secondary N) is 1. The average Bonchev–Trinajstić information content (AvgIpc) is 2.52. The van der Waals surface area contributed by atoms with Crippen LogP contribution in [0.4, 0.5) is 4.79 Å². The molecule has 0 fully saturated rings. The van der Waals surface area contributed by atoms with Gasteiger partial charge in [0.1, 0.15) is 11.8 Å². The van der Waals surface area contributed by atoms with Crippen LogP contribution in [0.25, 0.3) is 0 Å². The fourth-order valence-corrected chi connectivity index (χ4v) is 3.26. The molecule has 146 valence electrons. The number of ether oxygens (including phenoxy) is 1. The van der Waals surface area contributed by atoms with Gasteiger partial charge in [-0.25, -0.2) is 9.59 Å². The second-order valence-electron chi connectivity index (χ2n) is 7.42. The molecule has 0 radical (unpaired) electrons. The molecule has 0 aliphatic rings. The summed E-state index contributed by atoms with van der Waals surface area (Å²) in [7, 11) is 4.11. The van der Waals surface area contributed by atoms with Crippen molar-refractivity contribution in [2.75, 3.05) is 20.6 Å². The Morgan fingerprint density at radius 3 is 2.38 bits per heavy atom. The van der Waals surface area contributed by atoms with Gasteiger partial charge in [0.2, 0.25) is 0 Å². The summed E-state index contributed by atoms with van der Waals surface area (Å²) in [5.74, 6) is -0.0803. The highest BCUT2D eigenvalue weighted by Crippen LogP contribution is 2.30. The number of rotatable bonds is 9. The third-order valence-corrected chi connectivity index (χ3v) is 4.48. The van der Waals surface area contributed by atoms with Gasteiger partial charge in [0, 0.05) is 6.54 Å². The lowest BCUT2D eigenvalue weighted by Gasteiger charge is -2.26. The molecule has 0 heterocycles. The Morgan fingerprint density at radius 2 is 1.88 bits per heavy atom. The summed E-state index contributed by atoms with van der Waals surface area (Å²) >= 11 is 0. The maximum Gasteiger partial charge on any atom is 0.413 e. The lowest BCUT2D eigenvalue weighted by Crippen LogP contribution is -2.45. The first-order valence-electron chi connectivity index (χ1n) is 9.11. The van der Waals surface area contributed by atoms with Crippen LogP contribution in [0, 0.1) is 11.8 Å². The minimum atomic E-state index is -1.07. The maximum absolute atomic E-state index is 12.1. The van der Waals surface area contributed by atoms with Crippen LogP contribution < -0.4 is 10.1 Å². The number of carbonyl (C=O) groups is 2. The van der Waals surface area contributed by atoms with E-state index in [0.29, 0.717) is 17.6 Å². The lowest BCUT2D eigenvalue weighted by molar-refractivity contribution is -0.140. The van der Waals surface area contributed by atoms with Gasteiger partial charge in [0.05, 0.1) is 0 Å². The van der Waals surface area contributed by atoms with Gasteiger partial charge in [0.25, 0.3) is 0 Å². The van der Waals surface area contributed by atoms with Crippen molar-refractivity contribution in [1.82, 2.24) is 10.2 Å². The summed E-state index contributed by atoms with van der Waals surface area (Å²) in [6.45, 7) is 8.81. The molecule has 0 aliphatic carbocycles. The van der Waals surface area contributed by atoms with Crippen LogP contribution in [-0.4, -0.2) is 48.8 Å². The van der Waals surface area contributed by atoms with Crippen molar-refractivity contribution >= 4 is 12.1 Å². The van der Waals surface area contributed by atoms with Crippen LogP contribution in [0.15, 0.2) is 24.3 Å². The smallest absolute Gasteiger partial charge is 0.413 e. The Kier molecular flexibility index (Phi) is 8.58. The normalized spacial score (nSPS) is 14.8. The third-order valence-electron chi connectivity index (χ3n) is 4.48. The van der Waals surface area contributed by atoms with Crippen molar-refractivity contribution < 1.29 is 19.4 Å². The van der Waals surface area contributed by atoms with E-state index in [0.717, 1.165) is 18.5 Å². The molecule has 1 aromatic carbocycles. The van der Waals surface area contributed by atoms with E-state index in [-0.39, 0.29) is 5.92 Å². The highest BCUT2D eigenvalue weighted by molar-refractivity contribution is 5.81. The van der Waals surface area contributed by atoms with Gasteiger partial charge in [-0.3, -0.25) is 0 Å². The van der Waals surface area contributed by atoms with Crippen LogP contribution in [0.2, 0.25) is 0 Å². The molecule has 0 saturated carbocycles. The van der Waals surface area contributed by atoms with E-state index in [2.05, 4.69) is 38.2 Å². The molecule has 0 bridgehead atoms. The van der Waals surface area contributed by atoms with Crippen molar-refractivity contribution in [1.29, 1.82) is 0 Å². The standard InChI is InChI=1S/C20H32N2O4/c1-7-17(14(4)12-22(5)6)15-9-8-10-16(11-15)26-20(25)21-18(13(2)3)19(23)24/h8-11,13-14,17-18H,7,12H2,1-6H3,(H,21,25)(H,23,24). The molecule has 2 N–H and O–H groups in total. The summed E-state index contributed by atoms with van der Waals surface area (Å²) in [5.41, 5.74) is 1.12. The number of carboxylic acids is 1. The van der Waals surface area contributed by atoms with Gasteiger partial charge in [-0.15, -0.1) is 0 Å². The van der Waals surface area contributed by atoms with Crippen molar-refractivity contribution in [2.24, 2.45) is 11.8 Å². The van der Waals surface area contributed by atoms with Gasteiger partial charge in [-0.1, -0.05) is 39.8 Å². The highest BCUT2D eigenvalue weighted by Gasteiger charge is 2.24. The number of aliphatic carboxylic acids is 1. The first-order valence-corrected chi connectivity index (χ1v) is 9.11. The molecule has 3 unspecified atom stereocenters. The number of hydrogen-bond acceptors (Lipinski definition) is 4. The van der Waals surface area contributed by atoms with Gasteiger partial charge in [0.15, 0.2) is 0 Å². The van der Waals surface area contributed by atoms with Crippen LogP contribution >= 0.6 is 0 Å². The zero-order valence-electron chi connectivity index (χ0n) is 16.7. The quantitative estimate of drug-likeness (QED) is 0.700. The van der Waals surface area contributed by atoms with E-state index in [1.54, 1.807) is 19.9 Å². The van der Waals surface area contributed by atoms with Crippen molar-refractivity contribution in [2.45, 2.75) is 46.1 Å². The third kappa shape index (κ3) is 6.67. The topological polar surface area (TPSA) is 78.9 Å². The Bertz CT molecular complexity index is 601. The minimum absolute atomic E-state index is 0.234. The SMILES string of the molecule is CCC(c1cccc(OC(=O)NC(C(=O)O)C(C)C)c1)C(C)CN(C)C. The molecular weight excluding hydrogens is 332 g/mol. The molecule has 0 spiro atoms. The average molecular weight is 364 g/mol. The summed E-state index contributed by atoms with van der Waals surface area (Å²) in [4.78, 5) is 25.4. The van der Waals surface area contributed by atoms with Gasteiger partial charge in [-0.2, -0.15) is 0 Å². The monoisotopic (exact) mass is 364 g/mol. The molecule has 26 heavy (non-hydrogen) atoms. The number of benzene rings is 1. The van der Waals surface area contributed by atoms with Gasteiger partial charge in [-0.05, 0) is 56.0 Å². The van der Waals surface area contributed by atoms with Crippen LogP contribution in [-0.2, 0) is 4.79 Å². The van der Waals surface area contributed by atoms with E-state index < -0.39 is 18.1 Å². The molecule has 0 aromatic heterocycles. The van der Waals surface area contributed by atoms with E-state index in [9.17, 15) is 9.59 Å². The summed E-state index contributed by atoms with van der Waals surface area (Å²) < 4.78 is 5.32. The van der Waals surface area contributed by atoms with Crippen molar-refractivity contribution in [3.63, 3.8) is 0 Å². The van der Waals surface area contributed by atoms with E-state index in [1.165, 1.54) is 0 Å². The molecule has 6 heteroatoms. The number of carboxylic acid groups (broad SMARTS) is 1. The molecule has 0 saturated heterocycles. The molecule has 1 amide bonds. The molecule has 3 atom stereocenters. The fraction of sp³-hybridized carbons (Fsp3) is 0.600. The zero-order chi connectivity index (χ0) is 19.9. The molecule has 1 aromatic rings. The minimum Gasteiger partial charge on any atom is -0.480 e. The van der Waals surface area contributed by atoms with E-state index in [1.807, 2.05) is 18.2 Å². The predicted octanol–water partition coefficient (Wildman–Crippen LogP) is 3.58. The fourth-order valence-electron chi connectivity index (χ4n) is 3.26. The van der Waals surface area contributed by atoms with Crippen LogP contribution in [0.3, 0.4) is 0 Å². The second-order valence-corrected chi connectivity index (χ2v) is 7.42. The Balaban J connectivity index is 2.85. The van der Waals surface area contributed by atoms with Crippen LogP contribution in [0.5, 0.6) is 5.75 Å². The van der Waals surface area contributed by atoms with Gasteiger partial charge >= 0.3 is 12.1 Å². The Hall–Kier alpha value is -2.08.